The molecule has 1 unspecified atom stereocenters. The molecule has 1 heterocycles. The van der Waals surface area contributed by atoms with E-state index >= 15 is 0 Å². The van der Waals surface area contributed by atoms with Gasteiger partial charge in [0.1, 0.15) is 11.9 Å². The van der Waals surface area contributed by atoms with Crippen molar-refractivity contribution in [3.05, 3.63) is 29.6 Å². The maximum absolute atomic E-state index is 13.7. The Balaban J connectivity index is 2.08. The summed E-state index contributed by atoms with van der Waals surface area (Å²) >= 11 is 0. The number of nitrogens with one attached hydrogen (secondary N) is 1. The van der Waals surface area contributed by atoms with E-state index in [-0.39, 0.29) is 12.1 Å². The van der Waals surface area contributed by atoms with Crippen LogP contribution in [0.1, 0.15) is 10.4 Å². The Labute approximate surface area is 126 Å². The number of halogens is 1. The van der Waals surface area contributed by atoms with E-state index in [4.69, 9.17) is 15.6 Å². The molecule has 1 aromatic rings. The average molecular weight is 311 g/mol. The number of ether oxygens (including phenoxy) is 1. The number of morpholine rings is 1. The van der Waals surface area contributed by atoms with Crippen LogP contribution in [0.25, 0.3) is 0 Å². The fraction of sp³-hybridized carbons (Fsp3) is 0.429. The van der Waals surface area contributed by atoms with E-state index < -0.39 is 23.7 Å². The zero-order valence-electron chi connectivity index (χ0n) is 11.9. The minimum atomic E-state index is -1.21. The normalized spacial score (nSPS) is 16.2. The Morgan fingerprint density at radius 2 is 2.05 bits per heavy atom. The van der Waals surface area contributed by atoms with Gasteiger partial charge in [-0.25, -0.2) is 4.39 Å². The van der Waals surface area contributed by atoms with Gasteiger partial charge in [-0.1, -0.05) is 0 Å². The average Bonchev–Trinajstić information content (AvgIpc) is 2.52. The number of anilines is 1. The molecule has 1 atom stereocenters. The Morgan fingerprint density at radius 3 is 2.68 bits per heavy atom. The number of carbonyl (C=O) groups is 2. The lowest BCUT2D eigenvalue weighted by molar-refractivity contribution is -0.138. The largest absolute Gasteiger partial charge is 0.480 e. The van der Waals surface area contributed by atoms with Gasteiger partial charge in [-0.05, 0) is 18.2 Å². The lowest BCUT2D eigenvalue weighted by atomic mass is 10.1. The zero-order chi connectivity index (χ0) is 16.1. The number of hydrogen-bond acceptors (Lipinski definition) is 5. The predicted molar refractivity (Wildman–Crippen MR) is 77.4 cm³/mol. The molecule has 22 heavy (non-hydrogen) atoms. The summed E-state index contributed by atoms with van der Waals surface area (Å²) in [4.78, 5) is 24.5. The standard InChI is InChI=1S/C14H18FN3O4/c15-10-5-9(13(19)17-8-12(16)14(20)21)6-11(7-10)18-1-3-22-4-2-18/h5-7,12H,1-4,8,16H2,(H,17,19)(H,20,21). The number of rotatable bonds is 5. The van der Waals surface area contributed by atoms with Gasteiger partial charge in [-0.2, -0.15) is 0 Å². The molecule has 120 valence electrons. The smallest absolute Gasteiger partial charge is 0.322 e. The van der Waals surface area contributed by atoms with Crippen molar-refractivity contribution in [3.63, 3.8) is 0 Å². The van der Waals surface area contributed by atoms with Gasteiger partial charge in [-0.3, -0.25) is 9.59 Å². The minimum absolute atomic E-state index is 0.124. The molecule has 1 amide bonds. The highest BCUT2D eigenvalue weighted by Crippen LogP contribution is 2.19. The summed E-state index contributed by atoms with van der Waals surface area (Å²) < 4.78 is 18.9. The van der Waals surface area contributed by atoms with Crippen LogP contribution in [0.4, 0.5) is 10.1 Å². The first-order valence-corrected chi connectivity index (χ1v) is 6.87. The second kappa shape index (κ2) is 7.19. The SMILES string of the molecule is NC(CNC(=O)c1cc(F)cc(N2CCOCC2)c1)C(=O)O. The summed E-state index contributed by atoms with van der Waals surface area (Å²) in [5.41, 5.74) is 6.03. The molecule has 0 bridgehead atoms. The van der Waals surface area contributed by atoms with E-state index in [1.807, 2.05) is 4.90 Å². The number of carboxylic acid groups (broad SMARTS) is 1. The van der Waals surface area contributed by atoms with Crippen molar-refractivity contribution in [1.29, 1.82) is 0 Å². The molecule has 8 heteroatoms. The Bertz CT molecular complexity index is 561. The Morgan fingerprint density at radius 1 is 1.36 bits per heavy atom. The van der Waals surface area contributed by atoms with E-state index in [9.17, 15) is 14.0 Å². The summed E-state index contributed by atoms with van der Waals surface area (Å²) in [6.45, 7) is 2.11. The number of aliphatic carboxylic acids is 1. The van der Waals surface area contributed by atoms with Gasteiger partial charge >= 0.3 is 5.97 Å². The number of benzene rings is 1. The second-order valence-corrected chi connectivity index (χ2v) is 4.95. The van der Waals surface area contributed by atoms with Gasteiger partial charge in [0.2, 0.25) is 0 Å². The van der Waals surface area contributed by atoms with Crippen molar-refractivity contribution in [2.45, 2.75) is 6.04 Å². The molecule has 0 radical (unpaired) electrons. The van der Waals surface area contributed by atoms with Crippen LogP contribution in [0.15, 0.2) is 18.2 Å². The molecule has 1 aromatic carbocycles. The topological polar surface area (TPSA) is 105 Å². The molecule has 0 saturated carbocycles. The van der Waals surface area contributed by atoms with E-state index in [1.54, 1.807) is 6.07 Å². The minimum Gasteiger partial charge on any atom is -0.480 e. The molecule has 7 nitrogen and oxygen atoms in total. The fourth-order valence-corrected chi connectivity index (χ4v) is 2.10. The van der Waals surface area contributed by atoms with Crippen molar-refractivity contribution in [3.8, 4) is 0 Å². The van der Waals surface area contributed by atoms with Crippen LogP contribution in [-0.4, -0.2) is 55.9 Å². The van der Waals surface area contributed by atoms with E-state index in [2.05, 4.69) is 5.32 Å². The Hall–Kier alpha value is -2.19. The summed E-state index contributed by atoms with van der Waals surface area (Å²) in [5, 5.41) is 11.1. The number of amides is 1. The van der Waals surface area contributed by atoms with Crippen LogP contribution < -0.4 is 16.0 Å². The van der Waals surface area contributed by atoms with Gasteiger partial charge < -0.3 is 25.8 Å². The quantitative estimate of drug-likeness (QED) is 0.696. The maximum atomic E-state index is 13.7. The van der Waals surface area contributed by atoms with Gasteiger partial charge in [0.25, 0.3) is 5.91 Å². The van der Waals surface area contributed by atoms with Gasteiger partial charge in [-0.15, -0.1) is 0 Å². The fourth-order valence-electron chi connectivity index (χ4n) is 2.10. The first kappa shape index (κ1) is 16.2. The van der Waals surface area contributed by atoms with E-state index in [0.29, 0.717) is 32.0 Å². The second-order valence-electron chi connectivity index (χ2n) is 4.95. The molecule has 1 aliphatic heterocycles. The molecule has 2 rings (SSSR count). The number of hydrogen-bond donors (Lipinski definition) is 3. The first-order chi connectivity index (χ1) is 10.5. The predicted octanol–water partition coefficient (Wildman–Crippen LogP) is -0.196. The molecule has 0 spiro atoms. The molecular formula is C14H18FN3O4. The van der Waals surface area contributed by atoms with Gasteiger partial charge in [0, 0.05) is 30.9 Å². The molecule has 0 aliphatic carbocycles. The summed E-state index contributed by atoms with van der Waals surface area (Å²) in [7, 11) is 0. The lowest BCUT2D eigenvalue weighted by Gasteiger charge is -2.29. The highest BCUT2D eigenvalue weighted by molar-refractivity contribution is 5.95. The van der Waals surface area contributed by atoms with Crippen molar-refractivity contribution in [1.82, 2.24) is 5.32 Å². The molecule has 4 N–H and O–H groups in total. The van der Waals surface area contributed by atoms with Crippen LogP contribution in [0.5, 0.6) is 0 Å². The number of nitrogens with zero attached hydrogens (tertiary/aromatic N) is 1. The molecule has 1 saturated heterocycles. The highest BCUT2D eigenvalue weighted by Gasteiger charge is 2.17. The van der Waals surface area contributed by atoms with Gasteiger partial charge in [0.05, 0.1) is 13.2 Å². The third kappa shape index (κ3) is 4.15. The van der Waals surface area contributed by atoms with Crippen LogP contribution in [-0.2, 0) is 9.53 Å². The molecular weight excluding hydrogens is 293 g/mol. The van der Waals surface area contributed by atoms with Crippen LogP contribution in [0.3, 0.4) is 0 Å². The van der Waals surface area contributed by atoms with Crippen LogP contribution in [0, 0.1) is 5.82 Å². The summed E-state index contributed by atoms with van der Waals surface area (Å²) in [6.07, 6.45) is 0. The lowest BCUT2D eigenvalue weighted by Crippen LogP contribution is -2.42. The van der Waals surface area contributed by atoms with Crippen molar-refractivity contribution in [2.75, 3.05) is 37.7 Å². The van der Waals surface area contributed by atoms with Crippen molar-refractivity contribution < 1.29 is 23.8 Å². The van der Waals surface area contributed by atoms with Crippen LogP contribution in [0.2, 0.25) is 0 Å². The summed E-state index contributed by atoms with van der Waals surface area (Å²) in [6, 6.07) is 2.82. The number of carbonyl (C=O) groups excluding carboxylic acids is 1. The number of nitrogens with two attached hydrogens (primary N) is 1. The third-order valence-corrected chi connectivity index (χ3v) is 3.32. The van der Waals surface area contributed by atoms with Gasteiger partial charge in [0.15, 0.2) is 0 Å². The zero-order valence-corrected chi connectivity index (χ0v) is 11.9. The molecule has 1 fully saturated rings. The summed E-state index contributed by atoms with van der Waals surface area (Å²) in [5.74, 6) is -2.31. The monoisotopic (exact) mass is 311 g/mol. The highest BCUT2D eigenvalue weighted by atomic mass is 19.1. The molecule has 1 aliphatic rings. The molecule has 0 aromatic heterocycles. The van der Waals surface area contributed by atoms with Crippen molar-refractivity contribution >= 4 is 17.6 Å². The van der Waals surface area contributed by atoms with E-state index in [1.165, 1.54) is 6.07 Å². The van der Waals surface area contributed by atoms with Crippen LogP contribution >= 0.6 is 0 Å². The third-order valence-electron chi connectivity index (χ3n) is 3.32. The maximum Gasteiger partial charge on any atom is 0.322 e. The van der Waals surface area contributed by atoms with Crippen molar-refractivity contribution in [2.24, 2.45) is 5.73 Å². The number of carboxylic acids is 1. The van der Waals surface area contributed by atoms with E-state index in [0.717, 1.165) is 6.07 Å². The Kier molecular flexibility index (Phi) is 5.29. The first-order valence-electron chi connectivity index (χ1n) is 6.87.